The van der Waals surface area contributed by atoms with Crippen molar-refractivity contribution in [3.8, 4) is 0 Å². The summed E-state index contributed by atoms with van der Waals surface area (Å²) in [6, 6.07) is 0.626. The lowest BCUT2D eigenvalue weighted by Gasteiger charge is -2.42. The first kappa shape index (κ1) is 16.6. The molecule has 3 unspecified atom stereocenters. The molecule has 0 aromatic carbocycles. The van der Waals surface area contributed by atoms with Crippen LogP contribution in [0.15, 0.2) is 4.99 Å². The molecule has 0 radical (unpaired) electrons. The Morgan fingerprint density at radius 2 is 2.05 bits per heavy atom. The molecule has 1 saturated heterocycles. The third kappa shape index (κ3) is 4.87. The van der Waals surface area contributed by atoms with Crippen LogP contribution in [0.4, 0.5) is 0 Å². The number of nitrogens with one attached hydrogen (secondary N) is 2. The highest BCUT2D eigenvalue weighted by atomic mass is 15.2. The fourth-order valence-corrected chi connectivity index (χ4v) is 3.13. The highest BCUT2D eigenvalue weighted by molar-refractivity contribution is 5.80. The molecule has 4 nitrogen and oxygen atoms in total. The second-order valence-corrected chi connectivity index (χ2v) is 7.66. The van der Waals surface area contributed by atoms with Gasteiger partial charge in [-0.25, -0.2) is 0 Å². The topological polar surface area (TPSA) is 39.7 Å². The molecule has 2 aliphatic rings. The molecule has 0 spiro atoms. The Bertz CT molecular complexity index is 364. The van der Waals surface area contributed by atoms with Gasteiger partial charge >= 0.3 is 0 Å². The van der Waals surface area contributed by atoms with Crippen molar-refractivity contribution in [2.75, 3.05) is 26.2 Å². The van der Waals surface area contributed by atoms with Crippen molar-refractivity contribution in [2.24, 2.45) is 16.8 Å². The normalized spacial score (nSPS) is 31.1. The van der Waals surface area contributed by atoms with E-state index in [0.29, 0.717) is 6.04 Å². The van der Waals surface area contributed by atoms with E-state index in [1.165, 1.54) is 32.4 Å². The number of guanidine groups is 1. The molecule has 4 heteroatoms. The Kier molecular flexibility index (Phi) is 5.53. The monoisotopic (exact) mass is 294 g/mol. The molecule has 3 atom stereocenters. The van der Waals surface area contributed by atoms with Crippen LogP contribution in [0.3, 0.4) is 0 Å². The lowest BCUT2D eigenvalue weighted by atomic mass is 9.94. The summed E-state index contributed by atoms with van der Waals surface area (Å²) in [4.78, 5) is 7.47. The molecule has 2 rings (SSSR count). The van der Waals surface area contributed by atoms with Gasteiger partial charge in [0.1, 0.15) is 0 Å². The third-order valence-electron chi connectivity index (χ3n) is 4.91. The summed E-state index contributed by atoms with van der Waals surface area (Å²) in [6.07, 6.45) is 3.98. The van der Waals surface area contributed by atoms with E-state index in [-0.39, 0.29) is 5.54 Å². The van der Waals surface area contributed by atoms with Crippen LogP contribution in [0.25, 0.3) is 0 Å². The average Bonchev–Trinajstić information content (AvgIpc) is 3.12. The van der Waals surface area contributed by atoms with E-state index < -0.39 is 0 Å². The summed E-state index contributed by atoms with van der Waals surface area (Å²) in [5, 5.41) is 6.93. The first-order chi connectivity index (χ1) is 9.92. The molecule has 2 fully saturated rings. The summed E-state index contributed by atoms with van der Waals surface area (Å²) < 4.78 is 0. The molecular formula is C17H34N4. The van der Waals surface area contributed by atoms with Crippen LogP contribution in [0.5, 0.6) is 0 Å². The van der Waals surface area contributed by atoms with E-state index in [4.69, 9.17) is 4.99 Å². The van der Waals surface area contributed by atoms with Gasteiger partial charge in [0.05, 0.1) is 6.54 Å². The molecule has 0 aromatic heterocycles. The summed E-state index contributed by atoms with van der Waals surface area (Å²) in [5.74, 6) is 2.61. The van der Waals surface area contributed by atoms with E-state index in [9.17, 15) is 0 Å². The van der Waals surface area contributed by atoms with Crippen LogP contribution in [0.2, 0.25) is 0 Å². The maximum Gasteiger partial charge on any atom is 0.191 e. The van der Waals surface area contributed by atoms with Gasteiger partial charge in [-0.1, -0.05) is 13.8 Å². The number of hydrogen-bond donors (Lipinski definition) is 2. The van der Waals surface area contributed by atoms with E-state index in [2.05, 4.69) is 50.2 Å². The second-order valence-electron chi connectivity index (χ2n) is 7.66. The highest BCUT2D eigenvalue weighted by Gasteiger charge is 2.34. The fourth-order valence-electron chi connectivity index (χ4n) is 3.13. The van der Waals surface area contributed by atoms with Crippen molar-refractivity contribution < 1.29 is 0 Å². The van der Waals surface area contributed by atoms with Gasteiger partial charge < -0.3 is 10.6 Å². The summed E-state index contributed by atoms with van der Waals surface area (Å²) in [6.45, 7) is 15.7. The molecule has 0 bridgehead atoms. The minimum absolute atomic E-state index is 0.145. The molecule has 21 heavy (non-hydrogen) atoms. The van der Waals surface area contributed by atoms with Crippen molar-refractivity contribution in [3.05, 3.63) is 0 Å². The highest BCUT2D eigenvalue weighted by Crippen LogP contribution is 2.29. The molecule has 1 aliphatic heterocycles. The third-order valence-corrected chi connectivity index (χ3v) is 4.91. The van der Waals surface area contributed by atoms with Crippen molar-refractivity contribution in [1.29, 1.82) is 0 Å². The average molecular weight is 294 g/mol. The van der Waals surface area contributed by atoms with Gasteiger partial charge in [-0.15, -0.1) is 0 Å². The Hall–Kier alpha value is -0.770. The second kappa shape index (κ2) is 6.99. The lowest BCUT2D eigenvalue weighted by molar-refractivity contribution is 0.0774. The SMILES string of the molecule is CCNC(=NCC(C)(C)N1CCCC(C)C1)NC1CC1C. The number of hydrogen-bond acceptors (Lipinski definition) is 2. The minimum atomic E-state index is 0.145. The molecule has 0 amide bonds. The first-order valence-electron chi connectivity index (χ1n) is 8.72. The van der Waals surface area contributed by atoms with Crippen LogP contribution < -0.4 is 10.6 Å². The number of nitrogens with zero attached hydrogens (tertiary/aromatic N) is 2. The van der Waals surface area contributed by atoms with Crippen molar-refractivity contribution in [3.63, 3.8) is 0 Å². The maximum absolute atomic E-state index is 4.85. The zero-order valence-corrected chi connectivity index (χ0v) is 14.6. The summed E-state index contributed by atoms with van der Waals surface area (Å²) >= 11 is 0. The van der Waals surface area contributed by atoms with Crippen molar-refractivity contribution >= 4 is 5.96 Å². The van der Waals surface area contributed by atoms with Crippen LogP contribution in [-0.2, 0) is 0 Å². The summed E-state index contributed by atoms with van der Waals surface area (Å²) in [5.41, 5.74) is 0.145. The number of piperidine rings is 1. The zero-order valence-electron chi connectivity index (χ0n) is 14.6. The van der Waals surface area contributed by atoms with E-state index >= 15 is 0 Å². The zero-order chi connectivity index (χ0) is 15.5. The number of likely N-dealkylation sites (tertiary alicyclic amines) is 1. The number of aliphatic imine (C=N–C) groups is 1. The Morgan fingerprint density at radius 3 is 2.62 bits per heavy atom. The van der Waals surface area contributed by atoms with E-state index in [1.54, 1.807) is 0 Å². The predicted molar refractivity (Wildman–Crippen MR) is 90.7 cm³/mol. The van der Waals surface area contributed by atoms with Gasteiger partial charge in [-0.3, -0.25) is 9.89 Å². The lowest BCUT2D eigenvalue weighted by Crippen LogP contribution is -2.51. The predicted octanol–water partition coefficient (Wildman–Crippen LogP) is 2.46. The molecule has 2 N–H and O–H groups in total. The molecule has 1 aliphatic carbocycles. The largest absolute Gasteiger partial charge is 0.357 e. The van der Waals surface area contributed by atoms with Gasteiger partial charge in [0.15, 0.2) is 5.96 Å². The molecule has 0 aromatic rings. The van der Waals surface area contributed by atoms with E-state index in [0.717, 1.165) is 30.9 Å². The molecule has 1 heterocycles. The minimum Gasteiger partial charge on any atom is -0.357 e. The Balaban J connectivity index is 1.91. The molecule has 1 saturated carbocycles. The smallest absolute Gasteiger partial charge is 0.191 e. The number of rotatable bonds is 5. The first-order valence-corrected chi connectivity index (χ1v) is 8.72. The Morgan fingerprint density at radius 1 is 1.33 bits per heavy atom. The van der Waals surface area contributed by atoms with Crippen molar-refractivity contribution in [1.82, 2.24) is 15.5 Å². The van der Waals surface area contributed by atoms with Crippen LogP contribution in [0.1, 0.15) is 53.9 Å². The Labute approximate surface area is 130 Å². The van der Waals surface area contributed by atoms with Gasteiger partial charge in [-0.2, -0.15) is 0 Å². The van der Waals surface area contributed by atoms with Crippen LogP contribution in [0, 0.1) is 11.8 Å². The summed E-state index contributed by atoms with van der Waals surface area (Å²) in [7, 11) is 0. The van der Waals surface area contributed by atoms with E-state index in [1.807, 2.05) is 0 Å². The maximum atomic E-state index is 4.85. The van der Waals surface area contributed by atoms with Gasteiger partial charge in [0.2, 0.25) is 0 Å². The van der Waals surface area contributed by atoms with Crippen LogP contribution in [-0.4, -0.2) is 48.6 Å². The standard InChI is InChI=1S/C17H34N4/c1-6-18-16(20-15-10-14(15)3)19-12-17(4,5)21-9-7-8-13(2)11-21/h13-15H,6-12H2,1-5H3,(H2,18,19,20). The van der Waals surface area contributed by atoms with Crippen molar-refractivity contribution in [2.45, 2.75) is 65.5 Å². The molecular weight excluding hydrogens is 260 g/mol. The molecule has 122 valence electrons. The van der Waals surface area contributed by atoms with Gasteiger partial charge in [-0.05, 0) is 58.4 Å². The van der Waals surface area contributed by atoms with Crippen LogP contribution >= 0.6 is 0 Å². The quantitative estimate of drug-likeness (QED) is 0.604. The van der Waals surface area contributed by atoms with Gasteiger partial charge in [0.25, 0.3) is 0 Å². The fraction of sp³-hybridized carbons (Fsp3) is 0.941. The van der Waals surface area contributed by atoms with Gasteiger partial charge in [0, 0.05) is 24.7 Å².